The molecule has 0 aliphatic rings. The van der Waals surface area contributed by atoms with E-state index < -0.39 is 0 Å². The summed E-state index contributed by atoms with van der Waals surface area (Å²) in [4.78, 5) is 27.0. The molecule has 7 nitrogen and oxygen atoms in total. The number of benzene rings is 4. The number of carbonyl (C=O) groups excluding carboxylic acids is 2. The Morgan fingerprint density at radius 2 is 1.32 bits per heavy atom. The van der Waals surface area contributed by atoms with Crippen molar-refractivity contribution in [2.75, 3.05) is 42.3 Å². The van der Waals surface area contributed by atoms with Crippen molar-refractivity contribution < 1.29 is 19.1 Å². The Labute approximate surface area is 216 Å². The third-order valence-corrected chi connectivity index (χ3v) is 5.49. The maximum absolute atomic E-state index is 12.9. The van der Waals surface area contributed by atoms with E-state index in [4.69, 9.17) is 9.47 Å². The molecule has 0 saturated heterocycles. The van der Waals surface area contributed by atoms with E-state index in [9.17, 15) is 9.59 Å². The summed E-state index contributed by atoms with van der Waals surface area (Å²) >= 11 is 0. The summed E-state index contributed by atoms with van der Waals surface area (Å²) in [5.41, 5.74) is 2.58. The normalized spacial score (nSPS) is 10.3. The van der Waals surface area contributed by atoms with Crippen LogP contribution in [0.15, 0.2) is 109 Å². The molecule has 4 aromatic carbocycles. The van der Waals surface area contributed by atoms with E-state index in [0.717, 1.165) is 17.1 Å². The summed E-state index contributed by atoms with van der Waals surface area (Å²) < 4.78 is 11.4. The van der Waals surface area contributed by atoms with E-state index in [1.54, 1.807) is 36.2 Å². The van der Waals surface area contributed by atoms with Gasteiger partial charge in [0, 0.05) is 35.7 Å². The van der Waals surface area contributed by atoms with E-state index in [1.165, 1.54) is 0 Å². The van der Waals surface area contributed by atoms with E-state index >= 15 is 0 Å². The Hall–Kier alpha value is -4.78. The Bertz CT molecular complexity index is 1310. The number of hydrogen-bond donors (Lipinski definition) is 2. The average molecular weight is 496 g/mol. The molecular weight excluding hydrogens is 466 g/mol. The van der Waals surface area contributed by atoms with Gasteiger partial charge in [-0.2, -0.15) is 0 Å². The van der Waals surface area contributed by atoms with Crippen LogP contribution in [0.2, 0.25) is 0 Å². The van der Waals surface area contributed by atoms with Crippen LogP contribution in [0.1, 0.15) is 10.4 Å². The van der Waals surface area contributed by atoms with E-state index in [2.05, 4.69) is 10.6 Å². The maximum atomic E-state index is 12.9. The molecule has 0 spiro atoms. The fraction of sp³-hybridized carbons (Fsp3) is 0.133. The van der Waals surface area contributed by atoms with Crippen molar-refractivity contribution >= 4 is 28.9 Å². The van der Waals surface area contributed by atoms with Crippen molar-refractivity contribution in [3.8, 4) is 11.5 Å². The van der Waals surface area contributed by atoms with Gasteiger partial charge in [0.05, 0.1) is 6.54 Å². The fourth-order valence-corrected chi connectivity index (χ4v) is 3.61. The Balaban J connectivity index is 1.25. The van der Waals surface area contributed by atoms with E-state index in [0.29, 0.717) is 30.2 Å². The minimum absolute atomic E-state index is 0.0582. The second-order valence-electron chi connectivity index (χ2n) is 8.22. The molecule has 37 heavy (non-hydrogen) atoms. The van der Waals surface area contributed by atoms with Gasteiger partial charge in [-0.1, -0.05) is 48.5 Å². The molecule has 0 unspecified atom stereocenters. The molecule has 0 bridgehead atoms. The van der Waals surface area contributed by atoms with Crippen molar-refractivity contribution in [3.05, 3.63) is 115 Å². The smallest absolute Gasteiger partial charge is 0.258 e. The van der Waals surface area contributed by atoms with Gasteiger partial charge in [-0.3, -0.25) is 9.59 Å². The number of nitrogens with one attached hydrogen (secondary N) is 2. The lowest BCUT2D eigenvalue weighted by molar-refractivity contribution is -0.114. The molecule has 2 N–H and O–H groups in total. The summed E-state index contributed by atoms with van der Waals surface area (Å²) in [5, 5.41) is 5.94. The standard InChI is InChI=1S/C30H29N3O4/c1-33(26-13-4-2-5-14-26)30(35)23-10-8-12-25(20-23)32-29(34)22-31-24-11-9-17-28(21-24)37-19-18-36-27-15-6-3-7-16-27/h2-17,20-21,31H,18-19,22H2,1H3,(H,32,34). The van der Waals surface area contributed by atoms with Crippen LogP contribution in [0.5, 0.6) is 11.5 Å². The fourth-order valence-electron chi connectivity index (χ4n) is 3.61. The van der Waals surface area contributed by atoms with Crippen LogP contribution in [-0.4, -0.2) is 38.6 Å². The van der Waals surface area contributed by atoms with Gasteiger partial charge >= 0.3 is 0 Å². The van der Waals surface area contributed by atoms with Crippen LogP contribution < -0.4 is 25.0 Å². The molecule has 0 atom stereocenters. The molecule has 0 fully saturated rings. The van der Waals surface area contributed by atoms with Crippen LogP contribution in [-0.2, 0) is 4.79 Å². The van der Waals surface area contributed by atoms with Crippen molar-refractivity contribution in [2.24, 2.45) is 0 Å². The van der Waals surface area contributed by atoms with Crippen LogP contribution in [0.25, 0.3) is 0 Å². The number of anilines is 3. The SMILES string of the molecule is CN(C(=O)c1cccc(NC(=O)CNc2cccc(OCCOc3ccccc3)c2)c1)c1ccccc1. The highest BCUT2D eigenvalue weighted by Gasteiger charge is 2.14. The first kappa shape index (κ1) is 25.3. The highest BCUT2D eigenvalue weighted by Crippen LogP contribution is 2.19. The predicted octanol–water partition coefficient (Wildman–Crippen LogP) is 5.47. The third kappa shape index (κ3) is 7.60. The summed E-state index contributed by atoms with van der Waals surface area (Å²) in [6.07, 6.45) is 0. The quantitative estimate of drug-likeness (QED) is 0.270. The largest absolute Gasteiger partial charge is 0.490 e. The third-order valence-electron chi connectivity index (χ3n) is 5.49. The number of hydrogen-bond acceptors (Lipinski definition) is 5. The highest BCUT2D eigenvalue weighted by molar-refractivity contribution is 6.06. The molecule has 0 aromatic heterocycles. The number of nitrogens with zero attached hydrogens (tertiary/aromatic N) is 1. The van der Waals surface area contributed by atoms with Crippen LogP contribution in [0, 0.1) is 0 Å². The first-order chi connectivity index (χ1) is 18.1. The van der Waals surface area contributed by atoms with E-state index in [1.807, 2.05) is 84.9 Å². The second kappa shape index (κ2) is 12.8. The maximum Gasteiger partial charge on any atom is 0.258 e. The van der Waals surface area contributed by atoms with Crippen LogP contribution in [0.4, 0.5) is 17.1 Å². The number of para-hydroxylation sites is 2. The van der Waals surface area contributed by atoms with Crippen LogP contribution >= 0.6 is 0 Å². The molecular formula is C30H29N3O4. The summed E-state index contributed by atoms with van der Waals surface area (Å²) in [6, 6.07) is 33.3. The zero-order valence-corrected chi connectivity index (χ0v) is 20.6. The number of ether oxygens (including phenoxy) is 2. The number of carbonyl (C=O) groups is 2. The van der Waals surface area contributed by atoms with Gasteiger partial charge in [0.2, 0.25) is 5.91 Å². The molecule has 4 aromatic rings. The molecule has 0 aliphatic carbocycles. The van der Waals surface area contributed by atoms with Gasteiger partial charge in [-0.05, 0) is 54.6 Å². The predicted molar refractivity (Wildman–Crippen MR) is 147 cm³/mol. The van der Waals surface area contributed by atoms with Crippen molar-refractivity contribution in [1.82, 2.24) is 0 Å². The number of amides is 2. The van der Waals surface area contributed by atoms with Crippen molar-refractivity contribution in [3.63, 3.8) is 0 Å². The molecule has 188 valence electrons. The molecule has 4 rings (SSSR count). The summed E-state index contributed by atoms with van der Waals surface area (Å²) in [7, 11) is 1.72. The Kier molecular flexibility index (Phi) is 8.75. The Morgan fingerprint density at radius 1 is 0.703 bits per heavy atom. The van der Waals surface area contributed by atoms with E-state index in [-0.39, 0.29) is 18.4 Å². The lowest BCUT2D eigenvalue weighted by atomic mass is 10.1. The lowest BCUT2D eigenvalue weighted by Crippen LogP contribution is -2.26. The van der Waals surface area contributed by atoms with Crippen LogP contribution in [0.3, 0.4) is 0 Å². The first-order valence-corrected chi connectivity index (χ1v) is 12.0. The Morgan fingerprint density at radius 3 is 2.08 bits per heavy atom. The molecule has 0 aliphatic heterocycles. The van der Waals surface area contributed by atoms with Gasteiger partial charge in [0.15, 0.2) is 0 Å². The second-order valence-corrected chi connectivity index (χ2v) is 8.22. The van der Waals surface area contributed by atoms with Gasteiger partial charge in [-0.25, -0.2) is 0 Å². The van der Waals surface area contributed by atoms with Gasteiger partial charge in [0.1, 0.15) is 24.7 Å². The molecule has 0 radical (unpaired) electrons. The minimum Gasteiger partial charge on any atom is -0.490 e. The lowest BCUT2D eigenvalue weighted by Gasteiger charge is -2.18. The van der Waals surface area contributed by atoms with Crippen molar-refractivity contribution in [2.45, 2.75) is 0 Å². The highest BCUT2D eigenvalue weighted by atomic mass is 16.5. The number of rotatable bonds is 11. The van der Waals surface area contributed by atoms with Crippen molar-refractivity contribution in [1.29, 1.82) is 0 Å². The van der Waals surface area contributed by atoms with Gasteiger partial charge in [-0.15, -0.1) is 0 Å². The average Bonchev–Trinajstić information content (AvgIpc) is 2.95. The monoisotopic (exact) mass is 495 g/mol. The summed E-state index contributed by atoms with van der Waals surface area (Å²) in [6.45, 7) is 0.878. The molecule has 0 saturated carbocycles. The van der Waals surface area contributed by atoms with Gasteiger partial charge in [0.25, 0.3) is 5.91 Å². The summed E-state index contributed by atoms with van der Waals surface area (Å²) in [5.74, 6) is 1.08. The zero-order chi connectivity index (χ0) is 25.9. The minimum atomic E-state index is -0.233. The molecule has 7 heteroatoms. The first-order valence-electron chi connectivity index (χ1n) is 12.0. The topological polar surface area (TPSA) is 79.9 Å². The molecule has 2 amide bonds. The zero-order valence-electron chi connectivity index (χ0n) is 20.6. The molecule has 0 heterocycles. The van der Waals surface area contributed by atoms with Gasteiger partial charge < -0.3 is 25.0 Å².